The minimum absolute atomic E-state index is 0.00288. The van der Waals surface area contributed by atoms with Crippen LogP contribution in [0.4, 0.5) is 5.82 Å². The maximum atomic E-state index is 13.2. The van der Waals surface area contributed by atoms with E-state index in [0.29, 0.717) is 47.6 Å². The molecule has 0 spiro atoms. The number of likely N-dealkylation sites (tertiary alicyclic amines) is 1. The van der Waals surface area contributed by atoms with Crippen molar-refractivity contribution >= 4 is 46.1 Å². The van der Waals surface area contributed by atoms with Crippen molar-refractivity contribution in [1.82, 2.24) is 39.4 Å². The molecule has 0 saturated carbocycles. The third kappa shape index (κ3) is 5.31. The Balaban J connectivity index is 1.12. The average molecular weight is 573 g/mol. The summed E-state index contributed by atoms with van der Waals surface area (Å²) >= 11 is 12.7. The van der Waals surface area contributed by atoms with Crippen LogP contribution < -0.4 is 10.6 Å². The average Bonchev–Trinajstić information content (AvgIpc) is 3.60. The number of allylic oxidation sites excluding steroid dienone is 3. The summed E-state index contributed by atoms with van der Waals surface area (Å²) in [6.45, 7) is 4.80. The van der Waals surface area contributed by atoms with Gasteiger partial charge in [0.25, 0.3) is 0 Å². The van der Waals surface area contributed by atoms with Gasteiger partial charge in [-0.1, -0.05) is 29.3 Å². The Hall–Kier alpha value is -3.25. The van der Waals surface area contributed by atoms with Crippen molar-refractivity contribution in [2.75, 3.05) is 57.7 Å². The lowest BCUT2D eigenvalue weighted by Gasteiger charge is -2.39. The maximum Gasteiger partial charge on any atom is 0.242 e. The number of rotatable bonds is 6. The first-order valence-electron chi connectivity index (χ1n) is 13.2. The fraction of sp³-hybridized carbons (Fsp3) is 0.423. The first-order valence-corrected chi connectivity index (χ1v) is 13.9. The molecule has 4 aliphatic heterocycles. The van der Waals surface area contributed by atoms with Crippen LogP contribution in [0.15, 0.2) is 58.9 Å². The molecule has 206 valence electrons. The number of anilines is 1. The van der Waals surface area contributed by atoms with E-state index in [1.54, 1.807) is 12.4 Å². The van der Waals surface area contributed by atoms with Gasteiger partial charge in [0.2, 0.25) is 5.91 Å². The van der Waals surface area contributed by atoms with Crippen LogP contribution in [0.3, 0.4) is 0 Å². The third-order valence-electron chi connectivity index (χ3n) is 7.51. The molecular formula is C26H31Cl2N9O2. The summed E-state index contributed by atoms with van der Waals surface area (Å²) in [6, 6.07) is 0. The molecule has 39 heavy (non-hydrogen) atoms. The normalized spacial score (nSPS) is 22.3. The fourth-order valence-electron chi connectivity index (χ4n) is 5.50. The Morgan fingerprint density at radius 3 is 2.67 bits per heavy atom. The molecule has 3 N–H and O–H groups in total. The molecule has 4 aliphatic rings. The number of aromatic nitrogens is 3. The zero-order chi connectivity index (χ0) is 26.9. The van der Waals surface area contributed by atoms with E-state index >= 15 is 0 Å². The van der Waals surface area contributed by atoms with Crippen molar-refractivity contribution in [2.24, 2.45) is 0 Å². The molecule has 6 rings (SSSR count). The molecule has 11 nitrogen and oxygen atoms in total. The van der Waals surface area contributed by atoms with Crippen molar-refractivity contribution in [3.8, 4) is 0 Å². The Bertz CT molecular complexity index is 1370. The molecule has 1 atom stereocenters. The van der Waals surface area contributed by atoms with Gasteiger partial charge in [-0.15, -0.1) is 0 Å². The molecule has 6 heterocycles. The highest BCUT2D eigenvalue weighted by Crippen LogP contribution is 2.31. The van der Waals surface area contributed by atoms with E-state index in [2.05, 4.69) is 37.6 Å². The van der Waals surface area contributed by atoms with Gasteiger partial charge in [-0.25, -0.2) is 4.98 Å². The monoisotopic (exact) mass is 571 g/mol. The van der Waals surface area contributed by atoms with Gasteiger partial charge in [-0.2, -0.15) is 0 Å². The minimum Gasteiger partial charge on any atom is -0.372 e. The van der Waals surface area contributed by atoms with E-state index in [1.165, 1.54) is 19.0 Å². The van der Waals surface area contributed by atoms with Gasteiger partial charge in [0.15, 0.2) is 5.65 Å². The van der Waals surface area contributed by atoms with Crippen molar-refractivity contribution in [1.29, 1.82) is 0 Å². The van der Waals surface area contributed by atoms with Gasteiger partial charge in [-0.3, -0.25) is 29.3 Å². The Labute approximate surface area is 236 Å². The van der Waals surface area contributed by atoms with Gasteiger partial charge < -0.3 is 20.4 Å². The number of carbonyl (C=O) groups excluding carboxylic acids is 1. The first kappa shape index (κ1) is 26.0. The lowest BCUT2D eigenvalue weighted by molar-refractivity contribution is -0.130. The number of carbonyl (C=O) groups is 1. The number of nitrogens with zero attached hydrogens (tertiary/aromatic N) is 7. The van der Waals surface area contributed by atoms with Crippen LogP contribution in [0.25, 0.3) is 11.2 Å². The predicted octanol–water partition coefficient (Wildman–Crippen LogP) is 2.44. The summed E-state index contributed by atoms with van der Waals surface area (Å²) < 4.78 is 1.92. The number of halogens is 2. The highest BCUT2D eigenvalue weighted by Gasteiger charge is 2.28. The molecular weight excluding hydrogens is 541 g/mol. The second-order valence-electron chi connectivity index (χ2n) is 9.98. The predicted molar refractivity (Wildman–Crippen MR) is 150 cm³/mol. The van der Waals surface area contributed by atoms with Gasteiger partial charge in [0, 0.05) is 69.6 Å². The molecule has 13 heteroatoms. The highest BCUT2D eigenvalue weighted by atomic mass is 35.5. The lowest BCUT2D eigenvalue weighted by atomic mass is 10.1. The van der Waals surface area contributed by atoms with Crippen molar-refractivity contribution in [2.45, 2.75) is 19.0 Å². The second-order valence-corrected chi connectivity index (χ2v) is 10.8. The number of hydrogen-bond donors (Lipinski definition) is 3. The SMILES string of the molecule is O=C(CNc1c(C2=CNC(N3CCCC3)C=C2)nc2cnccn12)N1CCN(C2=C(Cl)CN(O)C=C2Cl)CC1. The number of fused-ring (bicyclic) bond motifs is 1. The molecule has 0 aromatic carbocycles. The Morgan fingerprint density at radius 1 is 1.15 bits per heavy atom. The molecule has 2 saturated heterocycles. The van der Waals surface area contributed by atoms with Gasteiger partial charge in [-0.05, 0) is 18.9 Å². The maximum absolute atomic E-state index is 13.2. The largest absolute Gasteiger partial charge is 0.372 e. The lowest BCUT2D eigenvalue weighted by Crippen LogP contribution is -2.50. The molecule has 0 radical (unpaired) electrons. The van der Waals surface area contributed by atoms with Crippen molar-refractivity contribution in [3.05, 3.63) is 64.6 Å². The number of piperazine rings is 1. The van der Waals surface area contributed by atoms with E-state index in [9.17, 15) is 10.0 Å². The minimum atomic E-state index is -0.00288. The van der Waals surface area contributed by atoms with E-state index < -0.39 is 0 Å². The summed E-state index contributed by atoms with van der Waals surface area (Å²) in [5.41, 5.74) is 3.13. The van der Waals surface area contributed by atoms with E-state index in [4.69, 9.17) is 28.2 Å². The topological polar surface area (TPSA) is 105 Å². The van der Waals surface area contributed by atoms with Crippen LogP contribution in [0.5, 0.6) is 0 Å². The number of imidazole rings is 1. The smallest absolute Gasteiger partial charge is 0.242 e. The molecule has 1 unspecified atom stereocenters. The van der Waals surface area contributed by atoms with Crippen molar-refractivity contribution < 1.29 is 10.0 Å². The number of hydroxylamine groups is 2. The highest BCUT2D eigenvalue weighted by molar-refractivity contribution is 6.36. The molecule has 2 aromatic rings. The van der Waals surface area contributed by atoms with Crippen LogP contribution in [-0.2, 0) is 4.79 Å². The van der Waals surface area contributed by atoms with Crippen LogP contribution >= 0.6 is 23.2 Å². The van der Waals surface area contributed by atoms with Crippen LogP contribution in [-0.4, -0.2) is 104 Å². The van der Waals surface area contributed by atoms with Crippen molar-refractivity contribution in [3.63, 3.8) is 0 Å². The number of dihydropyridines is 1. The Morgan fingerprint density at radius 2 is 1.95 bits per heavy atom. The van der Waals surface area contributed by atoms with Crippen LogP contribution in [0, 0.1) is 0 Å². The summed E-state index contributed by atoms with van der Waals surface area (Å²) in [7, 11) is 0. The summed E-state index contributed by atoms with van der Waals surface area (Å²) in [5.74, 6) is 0.748. The zero-order valence-electron chi connectivity index (χ0n) is 21.4. The zero-order valence-corrected chi connectivity index (χ0v) is 22.9. The molecule has 2 fully saturated rings. The van der Waals surface area contributed by atoms with E-state index in [0.717, 1.165) is 35.2 Å². The quantitative estimate of drug-likeness (QED) is 0.482. The standard InChI is InChI=1S/C26H31Cl2N9O2/c27-19-16-36(39)17-20(28)25(19)35-11-9-34(10-12-35)23(38)15-31-26-24(32-22-14-29-5-8-37(22)26)18-3-4-21(30-13-18)33-6-1-2-7-33/h3-5,8,13-14,16,21,30-31,39H,1-2,6-7,9-12,15,17H2. The second kappa shape index (κ2) is 11.1. The molecule has 2 aromatic heterocycles. The van der Waals surface area contributed by atoms with Gasteiger partial charge in [0.1, 0.15) is 11.5 Å². The molecule has 1 amide bonds. The molecule has 0 aliphatic carbocycles. The Kier molecular flexibility index (Phi) is 7.39. The van der Waals surface area contributed by atoms with E-state index in [1.807, 2.05) is 21.7 Å². The van der Waals surface area contributed by atoms with Crippen LogP contribution in [0.1, 0.15) is 18.5 Å². The van der Waals surface area contributed by atoms with Gasteiger partial charge >= 0.3 is 0 Å². The molecule has 0 bridgehead atoms. The number of nitrogens with one attached hydrogen (secondary N) is 2. The van der Waals surface area contributed by atoms with E-state index in [-0.39, 0.29) is 25.2 Å². The number of amides is 1. The third-order valence-corrected chi connectivity index (χ3v) is 8.08. The summed E-state index contributed by atoms with van der Waals surface area (Å²) in [4.78, 5) is 28.5. The van der Waals surface area contributed by atoms with Gasteiger partial charge in [0.05, 0.1) is 41.2 Å². The summed E-state index contributed by atoms with van der Waals surface area (Å²) in [6.07, 6.45) is 15.7. The first-order chi connectivity index (χ1) is 19.0. The number of hydrogen-bond acceptors (Lipinski definition) is 9. The fourth-order valence-corrected chi connectivity index (χ4v) is 6.24. The summed E-state index contributed by atoms with van der Waals surface area (Å²) in [5, 5.41) is 18.4. The van der Waals surface area contributed by atoms with Crippen LogP contribution in [0.2, 0.25) is 0 Å².